The second-order valence-electron chi connectivity index (χ2n) is 3.92. The lowest BCUT2D eigenvalue weighted by molar-refractivity contribution is 0.199. The Hall–Kier alpha value is -1.03. The molecule has 2 aromatic rings. The number of aliphatic hydroxyl groups is 1. The van der Waals surface area contributed by atoms with Crippen molar-refractivity contribution in [1.29, 1.82) is 0 Å². The number of benzene rings is 2. The zero-order chi connectivity index (χ0) is 13.1. The molecule has 0 heterocycles. The molecule has 1 atom stereocenters. The largest absolute Gasteiger partial charge is 0.389 e. The maximum atomic E-state index is 12.8. The summed E-state index contributed by atoms with van der Waals surface area (Å²) in [4.78, 5) is 1.80. The molecule has 94 valence electrons. The van der Waals surface area contributed by atoms with E-state index in [4.69, 9.17) is 11.6 Å². The molecule has 1 nitrogen and oxygen atoms in total. The quantitative estimate of drug-likeness (QED) is 0.882. The van der Waals surface area contributed by atoms with Gasteiger partial charge in [0.15, 0.2) is 0 Å². The molecule has 0 aliphatic carbocycles. The normalized spacial score (nSPS) is 12.4. The van der Waals surface area contributed by atoms with Crippen molar-refractivity contribution in [3.8, 4) is 0 Å². The van der Waals surface area contributed by atoms with Crippen LogP contribution in [0.5, 0.6) is 0 Å². The molecule has 0 aliphatic heterocycles. The second-order valence-corrected chi connectivity index (χ2v) is 5.44. The van der Waals surface area contributed by atoms with Gasteiger partial charge in [-0.05, 0) is 48.9 Å². The molecular weight excluding hydrogens is 271 g/mol. The predicted octanol–water partition coefficient (Wildman–Crippen LogP) is 4.68. The second kappa shape index (κ2) is 5.74. The molecule has 4 heteroatoms. The Kier molecular flexibility index (Phi) is 4.27. The molecule has 0 saturated carbocycles. The van der Waals surface area contributed by atoms with Gasteiger partial charge >= 0.3 is 0 Å². The van der Waals surface area contributed by atoms with Crippen LogP contribution in [0, 0.1) is 5.82 Å². The number of rotatable bonds is 3. The Morgan fingerprint density at radius 3 is 2.39 bits per heavy atom. The molecule has 1 N–H and O–H groups in total. The van der Waals surface area contributed by atoms with Crippen molar-refractivity contribution >= 4 is 23.4 Å². The molecule has 0 radical (unpaired) electrons. The summed E-state index contributed by atoms with van der Waals surface area (Å²) in [5.74, 6) is -0.255. The van der Waals surface area contributed by atoms with Crippen LogP contribution in [0.3, 0.4) is 0 Å². The Morgan fingerprint density at radius 1 is 1.17 bits per heavy atom. The van der Waals surface area contributed by atoms with Gasteiger partial charge in [0, 0.05) is 9.79 Å². The first kappa shape index (κ1) is 13.4. The maximum absolute atomic E-state index is 12.8. The highest BCUT2D eigenvalue weighted by atomic mass is 35.5. The van der Waals surface area contributed by atoms with E-state index < -0.39 is 6.10 Å². The van der Waals surface area contributed by atoms with E-state index >= 15 is 0 Å². The van der Waals surface area contributed by atoms with Gasteiger partial charge in [0.25, 0.3) is 0 Å². The lowest BCUT2D eigenvalue weighted by Crippen LogP contribution is -1.90. The number of hydrogen-bond acceptors (Lipinski definition) is 2. The third kappa shape index (κ3) is 3.25. The standard InChI is InChI=1S/C14H12ClFOS/c1-9(17)10-2-7-14(13(15)8-10)18-12-5-3-11(16)4-6-12/h2-9,17H,1H3/t9-/m1/s1. The molecular formula is C14H12ClFOS. The van der Waals surface area contributed by atoms with Crippen molar-refractivity contribution in [3.63, 3.8) is 0 Å². The Bertz CT molecular complexity index is 540. The summed E-state index contributed by atoms with van der Waals surface area (Å²) < 4.78 is 12.8. The zero-order valence-electron chi connectivity index (χ0n) is 9.73. The van der Waals surface area contributed by atoms with E-state index in [0.717, 1.165) is 15.4 Å². The van der Waals surface area contributed by atoms with Gasteiger partial charge < -0.3 is 5.11 Å². The molecule has 2 rings (SSSR count). The van der Waals surface area contributed by atoms with Gasteiger partial charge in [-0.25, -0.2) is 4.39 Å². The van der Waals surface area contributed by atoms with E-state index in [1.54, 1.807) is 25.1 Å². The number of aliphatic hydroxyl groups excluding tert-OH is 1. The van der Waals surface area contributed by atoms with Crippen LogP contribution in [-0.4, -0.2) is 5.11 Å². The van der Waals surface area contributed by atoms with Crippen LogP contribution >= 0.6 is 23.4 Å². The van der Waals surface area contributed by atoms with Crippen molar-refractivity contribution in [3.05, 3.63) is 58.9 Å². The fourth-order valence-electron chi connectivity index (χ4n) is 1.49. The fourth-order valence-corrected chi connectivity index (χ4v) is 2.61. The summed E-state index contributed by atoms with van der Waals surface area (Å²) in [7, 11) is 0. The highest BCUT2D eigenvalue weighted by Crippen LogP contribution is 2.34. The van der Waals surface area contributed by atoms with Gasteiger partial charge in [-0.3, -0.25) is 0 Å². The Morgan fingerprint density at radius 2 is 1.83 bits per heavy atom. The van der Waals surface area contributed by atoms with Gasteiger partial charge in [-0.1, -0.05) is 29.4 Å². The minimum atomic E-state index is -0.535. The third-order valence-corrected chi connectivity index (χ3v) is 3.99. The summed E-state index contributed by atoms with van der Waals surface area (Å²) in [6.45, 7) is 1.69. The minimum Gasteiger partial charge on any atom is -0.389 e. The summed E-state index contributed by atoms with van der Waals surface area (Å²) >= 11 is 7.61. The van der Waals surface area contributed by atoms with Crippen LogP contribution < -0.4 is 0 Å². The number of hydrogen-bond donors (Lipinski definition) is 1. The van der Waals surface area contributed by atoms with Crippen molar-refractivity contribution < 1.29 is 9.50 Å². The van der Waals surface area contributed by atoms with Gasteiger partial charge in [0.1, 0.15) is 5.82 Å². The van der Waals surface area contributed by atoms with E-state index in [2.05, 4.69) is 0 Å². The molecule has 0 bridgehead atoms. The smallest absolute Gasteiger partial charge is 0.123 e. The minimum absolute atomic E-state index is 0.255. The topological polar surface area (TPSA) is 20.2 Å². The van der Waals surface area contributed by atoms with Crippen LogP contribution in [-0.2, 0) is 0 Å². The zero-order valence-corrected chi connectivity index (χ0v) is 11.3. The van der Waals surface area contributed by atoms with E-state index in [1.165, 1.54) is 23.9 Å². The molecule has 0 fully saturated rings. The highest BCUT2D eigenvalue weighted by Gasteiger charge is 2.07. The van der Waals surface area contributed by atoms with E-state index in [1.807, 2.05) is 12.1 Å². The van der Waals surface area contributed by atoms with Crippen molar-refractivity contribution in [2.24, 2.45) is 0 Å². The van der Waals surface area contributed by atoms with Gasteiger partial charge in [0.05, 0.1) is 11.1 Å². The van der Waals surface area contributed by atoms with Crippen LogP contribution in [0.4, 0.5) is 4.39 Å². The average molecular weight is 283 g/mol. The van der Waals surface area contributed by atoms with E-state index in [0.29, 0.717) is 5.02 Å². The molecule has 18 heavy (non-hydrogen) atoms. The highest BCUT2D eigenvalue weighted by molar-refractivity contribution is 7.99. The van der Waals surface area contributed by atoms with Gasteiger partial charge in [-0.15, -0.1) is 0 Å². The summed E-state index contributed by atoms with van der Waals surface area (Å²) in [5.41, 5.74) is 0.781. The molecule has 0 aromatic heterocycles. The lowest BCUT2D eigenvalue weighted by Gasteiger charge is -2.08. The molecule has 0 saturated heterocycles. The van der Waals surface area contributed by atoms with E-state index in [9.17, 15) is 9.50 Å². The number of halogens is 2. The summed E-state index contributed by atoms with van der Waals surface area (Å²) in [6, 6.07) is 11.7. The molecule has 0 aliphatic rings. The first-order valence-corrected chi connectivity index (χ1v) is 6.66. The molecule has 0 spiro atoms. The van der Waals surface area contributed by atoms with Crippen LogP contribution in [0.25, 0.3) is 0 Å². The SMILES string of the molecule is C[C@@H](O)c1ccc(Sc2ccc(F)cc2)c(Cl)c1. The monoisotopic (exact) mass is 282 g/mol. The van der Waals surface area contributed by atoms with Crippen molar-refractivity contribution in [2.75, 3.05) is 0 Å². The fraction of sp³-hybridized carbons (Fsp3) is 0.143. The molecule has 0 amide bonds. The Balaban J connectivity index is 2.22. The van der Waals surface area contributed by atoms with Crippen LogP contribution in [0.2, 0.25) is 5.02 Å². The Labute approximate surface area is 115 Å². The molecule has 0 unspecified atom stereocenters. The maximum Gasteiger partial charge on any atom is 0.123 e. The predicted molar refractivity (Wildman–Crippen MR) is 72.6 cm³/mol. The summed E-state index contributed by atoms with van der Waals surface area (Å²) in [6.07, 6.45) is -0.535. The van der Waals surface area contributed by atoms with E-state index in [-0.39, 0.29) is 5.82 Å². The third-order valence-electron chi connectivity index (χ3n) is 2.48. The van der Waals surface area contributed by atoms with Gasteiger partial charge in [-0.2, -0.15) is 0 Å². The van der Waals surface area contributed by atoms with Crippen LogP contribution in [0.15, 0.2) is 52.3 Å². The van der Waals surface area contributed by atoms with Crippen molar-refractivity contribution in [1.82, 2.24) is 0 Å². The summed E-state index contributed by atoms with van der Waals surface area (Å²) in [5, 5.41) is 10.0. The van der Waals surface area contributed by atoms with Crippen molar-refractivity contribution in [2.45, 2.75) is 22.8 Å². The first-order valence-electron chi connectivity index (χ1n) is 5.47. The molecule has 2 aromatic carbocycles. The van der Waals surface area contributed by atoms with Crippen LogP contribution in [0.1, 0.15) is 18.6 Å². The average Bonchev–Trinajstić information content (AvgIpc) is 2.34. The van der Waals surface area contributed by atoms with Gasteiger partial charge in [0.2, 0.25) is 0 Å². The lowest BCUT2D eigenvalue weighted by atomic mass is 10.1. The first-order chi connectivity index (χ1) is 8.56.